The number of hydrogen-bond donors (Lipinski definition) is 0. The summed E-state index contributed by atoms with van der Waals surface area (Å²) in [5.74, 6) is 1.08. The smallest absolute Gasteiger partial charge is 0.278 e. The van der Waals surface area contributed by atoms with Gasteiger partial charge in [0.05, 0.1) is 13.2 Å². The largest absolute Gasteiger partial charge is 0.376 e. The van der Waals surface area contributed by atoms with E-state index in [0.717, 1.165) is 12.0 Å². The Kier molecular flexibility index (Phi) is 5.41. The lowest BCUT2D eigenvalue weighted by molar-refractivity contribution is -0.133. The standard InChI is InChI=1S/C18H27N5O3/c1-11(2)18(24)22(5)8-6-15-19-17(26-21-15)16-13-10-25-9-7-14(13)23(20-16)12(3)4/h11-12H,6-10H2,1-5H3. The van der Waals surface area contributed by atoms with Crippen LogP contribution in [-0.2, 0) is 29.0 Å². The van der Waals surface area contributed by atoms with Gasteiger partial charge in [-0.1, -0.05) is 19.0 Å². The van der Waals surface area contributed by atoms with Crippen molar-refractivity contribution in [1.29, 1.82) is 0 Å². The highest BCUT2D eigenvalue weighted by atomic mass is 16.5. The first-order chi connectivity index (χ1) is 12.4. The summed E-state index contributed by atoms with van der Waals surface area (Å²) in [6.45, 7) is 9.76. The first-order valence-corrected chi connectivity index (χ1v) is 9.14. The summed E-state index contributed by atoms with van der Waals surface area (Å²) in [6, 6.07) is 0.258. The number of aromatic nitrogens is 4. The highest BCUT2D eigenvalue weighted by molar-refractivity contribution is 5.77. The summed E-state index contributed by atoms with van der Waals surface area (Å²) >= 11 is 0. The van der Waals surface area contributed by atoms with E-state index in [9.17, 15) is 4.79 Å². The van der Waals surface area contributed by atoms with Crippen molar-refractivity contribution in [3.05, 3.63) is 17.1 Å². The second kappa shape index (κ2) is 7.57. The van der Waals surface area contributed by atoms with Gasteiger partial charge < -0.3 is 14.2 Å². The quantitative estimate of drug-likeness (QED) is 0.784. The van der Waals surface area contributed by atoms with Gasteiger partial charge in [-0.25, -0.2) is 0 Å². The first-order valence-electron chi connectivity index (χ1n) is 9.14. The Labute approximate surface area is 153 Å². The minimum absolute atomic E-state index is 0.0210. The van der Waals surface area contributed by atoms with E-state index < -0.39 is 0 Å². The first kappa shape index (κ1) is 18.6. The number of nitrogens with zero attached hydrogens (tertiary/aromatic N) is 5. The second-order valence-corrected chi connectivity index (χ2v) is 7.30. The number of hydrogen-bond acceptors (Lipinski definition) is 6. The van der Waals surface area contributed by atoms with Crippen molar-refractivity contribution in [2.75, 3.05) is 20.2 Å². The molecule has 0 atom stereocenters. The van der Waals surface area contributed by atoms with Crippen LogP contribution in [0.1, 0.15) is 50.8 Å². The Bertz CT molecular complexity index is 778. The molecule has 2 aromatic rings. The van der Waals surface area contributed by atoms with Crippen LogP contribution >= 0.6 is 0 Å². The average Bonchev–Trinajstić information content (AvgIpc) is 3.23. The molecule has 8 nitrogen and oxygen atoms in total. The van der Waals surface area contributed by atoms with Crippen LogP contribution in [0.3, 0.4) is 0 Å². The lowest BCUT2D eigenvalue weighted by atomic mass is 10.1. The molecule has 0 saturated heterocycles. The van der Waals surface area contributed by atoms with E-state index in [1.165, 1.54) is 5.69 Å². The normalized spacial score (nSPS) is 14.1. The van der Waals surface area contributed by atoms with Gasteiger partial charge in [0.25, 0.3) is 5.89 Å². The van der Waals surface area contributed by atoms with Crippen LogP contribution in [-0.4, -0.2) is 50.9 Å². The van der Waals surface area contributed by atoms with Gasteiger partial charge in [0, 0.05) is 49.7 Å². The highest BCUT2D eigenvalue weighted by Crippen LogP contribution is 2.29. The van der Waals surface area contributed by atoms with Gasteiger partial charge >= 0.3 is 0 Å². The van der Waals surface area contributed by atoms with Crippen LogP contribution in [0.25, 0.3) is 11.6 Å². The van der Waals surface area contributed by atoms with Crippen LogP contribution < -0.4 is 0 Å². The summed E-state index contributed by atoms with van der Waals surface area (Å²) in [7, 11) is 1.79. The van der Waals surface area contributed by atoms with E-state index in [1.54, 1.807) is 11.9 Å². The lowest BCUT2D eigenvalue weighted by Crippen LogP contribution is -2.32. The summed E-state index contributed by atoms with van der Waals surface area (Å²) < 4.78 is 13.1. The third kappa shape index (κ3) is 3.65. The van der Waals surface area contributed by atoms with Gasteiger partial charge in [-0.2, -0.15) is 10.1 Å². The Morgan fingerprint density at radius 1 is 1.31 bits per heavy atom. The molecular weight excluding hydrogens is 334 g/mol. The molecule has 26 heavy (non-hydrogen) atoms. The molecule has 0 bridgehead atoms. The van der Waals surface area contributed by atoms with Crippen molar-refractivity contribution >= 4 is 5.91 Å². The Morgan fingerprint density at radius 3 is 2.77 bits per heavy atom. The number of rotatable bonds is 6. The summed E-state index contributed by atoms with van der Waals surface area (Å²) in [5.41, 5.74) is 2.93. The van der Waals surface area contributed by atoms with E-state index in [0.29, 0.717) is 43.6 Å². The fraction of sp³-hybridized carbons (Fsp3) is 0.667. The molecule has 1 aliphatic heterocycles. The zero-order valence-corrected chi connectivity index (χ0v) is 16.2. The molecule has 0 spiro atoms. The van der Waals surface area contributed by atoms with Crippen LogP contribution in [0, 0.1) is 5.92 Å². The molecule has 0 aromatic carbocycles. The topological polar surface area (TPSA) is 86.3 Å². The van der Waals surface area contributed by atoms with Crippen molar-refractivity contribution in [1.82, 2.24) is 24.8 Å². The molecule has 2 aromatic heterocycles. The Morgan fingerprint density at radius 2 is 2.08 bits per heavy atom. The molecular formula is C18H27N5O3. The van der Waals surface area contributed by atoms with Crippen molar-refractivity contribution in [2.45, 2.75) is 53.2 Å². The number of amides is 1. The maximum absolute atomic E-state index is 12.0. The number of ether oxygens (including phenoxy) is 1. The number of likely N-dealkylation sites (N-methyl/N-ethyl adjacent to an activating group) is 1. The minimum atomic E-state index is -0.0210. The fourth-order valence-corrected chi connectivity index (χ4v) is 3.13. The molecule has 3 heterocycles. The maximum Gasteiger partial charge on any atom is 0.278 e. The molecule has 1 amide bonds. The van der Waals surface area contributed by atoms with Crippen molar-refractivity contribution in [3.8, 4) is 11.6 Å². The van der Waals surface area contributed by atoms with Crippen molar-refractivity contribution < 1.29 is 14.1 Å². The van der Waals surface area contributed by atoms with Gasteiger partial charge in [-0.15, -0.1) is 0 Å². The highest BCUT2D eigenvalue weighted by Gasteiger charge is 2.26. The number of carbonyl (C=O) groups excluding carboxylic acids is 1. The van der Waals surface area contributed by atoms with Gasteiger partial charge in [-0.3, -0.25) is 9.48 Å². The van der Waals surface area contributed by atoms with Gasteiger partial charge in [0.1, 0.15) is 0 Å². The predicted octanol–water partition coefficient (Wildman–Crippen LogP) is 2.24. The van der Waals surface area contributed by atoms with Gasteiger partial charge in [0.2, 0.25) is 5.91 Å². The maximum atomic E-state index is 12.0. The molecule has 0 N–H and O–H groups in total. The van der Waals surface area contributed by atoms with Crippen molar-refractivity contribution in [3.63, 3.8) is 0 Å². The van der Waals surface area contributed by atoms with E-state index in [-0.39, 0.29) is 17.9 Å². The van der Waals surface area contributed by atoms with E-state index in [1.807, 2.05) is 18.5 Å². The summed E-state index contributed by atoms with van der Waals surface area (Å²) in [6.07, 6.45) is 1.38. The van der Waals surface area contributed by atoms with Crippen LogP contribution in [0.2, 0.25) is 0 Å². The molecule has 142 valence electrons. The number of fused-ring (bicyclic) bond motifs is 1. The lowest BCUT2D eigenvalue weighted by Gasteiger charge is -2.18. The molecule has 3 rings (SSSR count). The van der Waals surface area contributed by atoms with Crippen LogP contribution in [0.15, 0.2) is 4.52 Å². The fourth-order valence-electron chi connectivity index (χ4n) is 3.13. The van der Waals surface area contributed by atoms with Gasteiger partial charge in [0.15, 0.2) is 11.5 Å². The minimum Gasteiger partial charge on any atom is -0.376 e. The molecule has 8 heteroatoms. The SMILES string of the molecule is CC(C)C(=O)N(C)CCc1noc(-c2nn(C(C)C)c3c2COCC3)n1. The predicted molar refractivity (Wildman–Crippen MR) is 95.4 cm³/mol. The summed E-state index contributed by atoms with van der Waals surface area (Å²) in [5, 5.41) is 8.76. The molecule has 0 saturated carbocycles. The van der Waals surface area contributed by atoms with Crippen LogP contribution in [0.4, 0.5) is 0 Å². The summed E-state index contributed by atoms with van der Waals surface area (Å²) in [4.78, 5) is 18.1. The molecule has 0 aliphatic carbocycles. The third-order valence-corrected chi connectivity index (χ3v) is 4.55. The van der Waals surface area contributed by atoms with E-state index in [2.05, 4.69) is 24.0 Å². The van der Waals surface area contributed by atoms with Gasteiger partial charge in [-0.05, 0) is 13.8 Å². The zero-order valence-electron chi connectivity index (χ0n) is 16.2. The van der Waals surface area contributed by atoms with Crippen molar-refractivity contribution in [2.24, 2.45) is 5.92 Å². The molecule has 1 aliphatic rings. The van der Waals surface area contributed by atoms with Crippen LogP contribution in [0.5, 0.6) is 0 Å². The molecule has 0 unspecified atom stereocenters. The molecule has 0 fully saturated rings. The Hall–Kier alpha value is -2.22. The average molecular weight is 361 g/mol. The Balaban J connectivity index is 1.77. The second-order valence-electron chi connectivity index (χ2n) is 7.30. The molecule has 0 radical (unpaired) electrons. The third-order valence-electron chi connectivity index (χ3n) is 4.55. The monoisotopic (exact) mass is 361 g/mol. The van der Waals surface area contributed by atoms with E-state index in [4.69, 9.17) is 14.4 Å². The zero-order chi connectivity index (χ0) is 18.8. The number of carbonyl (C=O) groups is 1. The van der Waals surface area contributed by atoms with E-state index >= 15 is 0 Å².